The van der Waals surface area contributed by atoms with Gasteiger partial charge in [-0.25, -0.2) is 0 Å². The summed E-state index contributed by atoms with van der Waals surface area (Å²) < 4.78 is 5.88. The summed E-state index contributed by atoms with van der Waals surface area (Å²) in [4.78, 5) is 0. The Bertz CT molecular complexity index is 381. The van der Waals surface area contributed by atoms with Gasteiger partial charge in [-0.05, 0) is 33.3 Å². The van der Waals surface area contributed by atoms with Crippen molar-refractivity contribution >= 4 is 0 Å². The fraction of sp³-hybridized carbons (Fsp3) is 0.375. The van der Waals surface area contributed by atoms with E-state index >= 15 is 0 Å². The quantitative estimate of drug-likeness (QED) is 0.676. The van der Waals surface area contributed by atoms with Crippen molar-refractivity contribution in [2.45, 2.75) is 39.9 Å². The molecular formula is C16H22O. The largest absolute Gasteiger partial charge is 0.367 e. The zero-order valence-corrected chi connectivity index (χ0v) is 11.2. The Labute approximate surface area is 105 Å². The smallest absolute Gasteiger partial charge is 0.0814 e. The molecule has 0 atom stereocenters. The van der Waals surface area contributed by atoms with Crippen molar-refractivity contribution in [1.29, 1.82) is 0 Å². The van der Waals surface area contributed by atoms with Gasteiger partial charge in [-0.15, -0.1) is 0 Å². The van der Waals surface area contributed by atoms with Crippen LogP contribution in [0.4, 0.5) is 0 Å². The van der Waals surface area contributed by atoms with Crippen molar-refractivity contribution in [3.05, 3.63) is 59.7 Å². The van der Waals surface area contributed by atoms with Crippen LogP contribution in [0.2, 0.25) is 0 Å². The third kappa shape index (κ3) is 6.08. The molecule has 0 spiro atoms. The van der Waals surface area contributed by atoms with Crippen molar-refractivity contribution in [2.24, 2.45) is 0 Å². The lowest BCUT2D eigenvalue weighted by atomic mass is 10.1. The summed E-state index contributed by atoms with van der Waals surface area (Å²) in [5.74, 6) is 0. The second kappa shape index (κ2) is 6.41. The molecule has 0 N–H and O–H groups in total. The second-order valence-electron chi connectivity index (χ2n) is 4.98. The molecule has 0 saturated carbocycles. The van der Waals surface area contributed by atoms with E-state index < -0.39 is 0 Å². The van der Waals surface area contributed by atoms with E-state index in [2.05, 4.69) is 58.1 Å². The van der Waals surface area contributed by atoms with Gasteiger partial charge < -0.3 is 4.74 Å². The molecule has 0 aliphatic rings. The van der Waals surface area contributed by atoms with Gasteiger partial charge in [0.1, 0.15) is 0 Å². The van der Waals surface area contributed by atoms with E-state index in [-0.39, 0.29) is 5.60 Å². The van der Waals surface area contributed by atoms with E-state index in [1.54, 1.807) is 0 Å². The first-order valence-corrected chi connectivity index (χ1v) is 6.00. The Morgan fingerprint density at radius 3 is 2.41 bits per heavy atom. The number of allylic oxidation sites excluding steroid dienone is 3. The number of benzene rings is 1. The van der Waals surface area contributed by atoms with Gasteiger partial charge in [0, 0.05) is 0 Å². The van der Waals surface area contributed by atoms with Gasteiger partial charge in [0.15, 0.2) is 0 Å². The maximum absolute atomic E-state index is 5.88. The van der Waals surface area contributed by atoms with Crippen LogP contribution < -0.4 is 0 Å². The highest BCUT2D eigenvalue weighted by Gasteiger charge is 2.13. The van der Waals surface area contributed by atoms with E-state index in [0.29, 0.717) is 6.61 Å². The number of rotatable bonds is 5. The SMILES string of the molecule is CC(C)=C/C=C\C(C)(C)OCc1ccccc1. The molecule has 0 amide bonds. The predicted molar refractivity (Wildman–Crippen MR) is 73.9 cm³/mol. The van der Waals surface area contributed by atoms with Crippen molar-refractivity contribution < 1.29 is 4.74 Å². The van der Waals surface area contributed by atoms with E-state index in [1.807, 2.05) is 18.2 Å². The minimum absolute atomic E-state index is 0.234. The molecule has 0 aliphatic carbocycles. The highest BCUT2D eigenvalue weighted by atomic mass is 16.5. The molecular weight excluding hydrogens is 208 g/mol. The van der Waals surface area contributed by atoms with Gasteiger partial charge in [0.2, 0.25) is 0 Å². The van der Waals surface area contributed by atoms with E-state index in [4.69, 9.17) is 4.74 Å². The van der Waals surface area contributed by atoms with Gasteiger partial charge in [-0.2, -0.15) is 0 Å². The number of ether oxygens (including phenoxy) is 1. The van der Waals surface area contributed by atoms with Crippen molar-refractivity contribution in [1.82, 2.24) is 0 Å². The highest BCUT2D eigenvalue weighted by molar-refractivity contribution is 5.15. The van der Waals surface area contributed by atoms with E-state index in [9.17, 15) is 0 Å². The maximum Gasteiger partial charge on any atom is 0.0814 e. The minimum atomic E-state index is -0.234. The average molecular weight is 230 g/mol. The average Bonchev–Trinajstić information content (AvgIpc) is 2.27. The minimum Gasteiger partial charge on any atom is -0.367 e. The Morgan fingerprint density at radius 2 is 1.82 bits per heavy atom. The van der Waals surface area contributed by atoms with Gasteiger partial charge in [-0.1, -0.05) is 54.1 Å². The first kappa shape index (κ1) is 13.7. The highest BCUT2D eigenvalue weighted by Crippen LogP contribution is 2.14. The Hall–Kier alpha value is -1.34. The molecule has 0 fully saturated rings. The monoisotopic (exact) mass is 230 g/mol. The molecule has 1 rings (SSSR count). The molecule has 0 aliphatic heterocycles. The Balaban J connectivity index is 2.50. The molecule has 0 saturated heterocycles. The maximum atomic E-state index is 5.88. The molecule has 0 bridgehead atoms. The number of hydrogen-bond acceptors (Lipinski definition) is 1. The first-order chi connectivity index (χ1) is 7.99. The fourth-order valence-electron chi connectivity index (χ4n) is 1.36. The molecule has 92 valence electrons. The molecule has 0 heterocycles. The third-order valence-electron chi connectivity index (χ3n) is 2.38. The molecule has 1 heteroatoms. The second-order valence-corrected chi connectivity index (χ2v) is 4.98. The van der Waals surface area contributed by atoms with Crippen LogP contribution in [0.3, 0.4) is 0 Å². The standard InChI is InChI=1S/C16H22O/c1-14(2)9-8-12-16(3,4)17-13-15-10-6-5-7-11-15/h5-12H,13H2,1-4H3/b12-8-. The van der Waals surface area contributed by atoms with Crippen LogP contribution in [-0.2, 0) is 11.3 Å². The summed E-state index contributed by atoms with van der Waals surface area (Å²) in [5.41, 5.74) is 2.26. The van der Waals surface area contributed by atoms with Crippen molar-refractivity contribution in [3.63, 3.8) is 0 Å². The summed E-state index contributed by atoms with van der Waals surface area (Å²) in [6.45, 7) is 8.97. The lowest BCUT2D eigenvalue weighted by molar-refractivity contribution is 0.00714. The summed E-state index contributed by atoms with van der Waals surface area (Å²) >= 11 is 0. The summed E-state index contributed by atoms with van der Waals surface area (Å²) in [5, 5.41) is 0. The molecule has 17 heavy (non-hydrogen) atoms. The Morgan fingerprint density at radius 1 is 1.18 bits per heavy atom. The van der Waals surface area contributed by atoms with Gasteiger partial charge in [0.05, 0.1) is 12.2 Å². The topological polar surface area (TPSA) is 9.23 Å². The Kier molecular flexibility index (Phi) is 5.17. The summed E-state index contributed by atoms with van der Waals surface area (Å²) in [6, 6.07) is 10.2. The van der Waals surface area contributed by atoms with Crippen LogP contribution in [0, 0.1) is 0 Å². The molecule has 1 aromatic carbocycles. The van der Waals surface area contributed by atoms with Gasteiger partial charge in [0.25, 0.3) is 0 Å². The lowest BCUT2D eigenvalue weighted by Crippen LogP contribution is -2.20. The van der Waals surface area contributed by atoms with E-state index in [1.165, 1.54) is 11.1 Å². The van der Waals surface area contributed by atoms with Crippen LogP contribution in [0.25, 0.3) is 0 Å². The summed E-state index contributed by atoms with van der Waals surface area (Å²) in [7, 11) is 0. The zero-order valence-electron chi connectivity index (χ0n) is 11.2. The molecule has 0 aromatic heterocycles. The van der Waals surface area contributed by atoms with Crippen molar-refractivity contribution in [3.8, 4) is 0 Å². The van der Waals surface area contributed by atoms with Crippen LogP contribution >= 0.6 is 0 Å². The fourth-order valence-corrected chi connectivity index (χ4v) is 1.36. The number of hydrogen-bond donors (Lipinski definition) is 0. The molecule has 1 aromatic rings. The third-order valence-corrected chi connectivity index (χ3v) is 2.38. The van der Waals surface area contributed by atoms with Crippen LogP contribution in [0.15, 0.2) is 54.1 Å². The molecule has 0 radical (unpaired) electrons. The van der Waals surface area contributed by atoms with Gasteiger partial charge in [-0.3, -0.25) is 0 Å². The molecule has 1 nitrogen and oxygen atoms in total. The zero-order chi connectivity index (χ0) is 12.7. The van der Waals surface area contributed by atoms with Crippen LogP contribution in [0.1, 0.15) is 33.3 Å². The normalized spacial score (nSPS) is 11.8. The van der Waals surface area contributed by atoms with Gasteiger partial charge >= 0.3 is 0 Å². The van der Waals surface area contributed by atoms with E-state index in [0.717, 1.165) is 0 Å². The van der Waals surface area contributed by atoms with Crippen LogP contribution in [0.5, 0.6) is 0 Å². The van der Waals surface area contributed by atoms with Crippen molar-refractivity contribution in [2.75, 3.05) is 0 Å². The van der Waals surface area contributed by atoms with Crippen LogP contribution in [-0.4, -0.2) is 5.60 Å². The first-order valence-electron chi connectivity index (χ1n) is 6.00. The predicted octanol–water partition coefficient (Wildman–Crippen LogP) is 4.50. The lowest BCUT2D eigenvalue weighted by Gasteiger charge is -2.21. The summed E-state index contributed by atoms with van der Waals surface area (Å²) in [6.07, 6.45) is 6.23. The molecule has 0 unspecified atom stereocenters.